The minimum atomic E-state index is -0.220. The van der Waals surface area contributed by atoms with Gasteiger partial charge in [-0.15, -0.1) is 0 Å². The number of para-hydroxylation sites is 2. The van der Waals surface area contributed by atoms with Crippen LogP contribution in [0.1, 0.15) is 6.42 Å². The Bertz CT molecular complexity index is 592. The lowest BCUT2D eigenvalue weighted by atomic mass is 9.85. The number of carbonyl (C=O) groups is 2. The van der Waals surface area contributed by atoms with Crippen LogP contribution < -0.4 is 4.90 Å². The fourth-order valence-electron chi connectivity index (χ4n) is 3.79. The average molecular weight is 255 g/mol. The maximum atomic E-state index is 12.5. The van der Waals surface area contributed by atoms with Gasteiger partial charge in [0.25, 0.3) is 0 Å². The van der Waals surface area contributed by atoms with E-state index in [1.54, 1.807) is 18.2 Å². The summed E-state index contributed by atoms with van der Waals surface area (Å²) in [5.74, 6) is -0.389. The van der Waals surface area contributed by atoms with Crippen molar-refractivity contribution >= 4 is 17.5 Å². The summed E-state index contributed by atoms with van der Waals surface area (Å²) in [6.45, 7) is 0. The Labute approximate surface area is 110 Å². The Morgan fingerprint density at radius 2 is 1.58 bits per heavy atom. The predicted octanol–water partition coefficient (Wildman–Crippen LogP) is 1.70. The summed E-state index contributed by atoms with van der Waals surface area (Å²) in [7, 11) is 0. The number of phenols is 1. The highest BCUT2D eigenvalue weighted by atomic mass is 16.3. The van der Waals surface area contributed by atoms with Crippen LogP contribution in [0.4, 0.5) is 5.69 Å². The van der Waals surface area contributed by atoms with Gasteiger partial charge in [-0.05, 0) is 30.4 Å². The van der Waals surface area contributed by atoms with E-state index >= 15 is 0 Å². The second-order valence-corrected chi connectivity index (χ2v) is 5.50. The molecule has 96 valence electrons. The highest BCUT2D eigenvalue weighted by Crippen LogP contribution is 2.53. The molecule has 1 saturated heterocycles. The topological polar surface area (TPSA) is 57.6 Å². The minimum absolute atomic E-state index is 0.0236. The van der Waals surface area contributed by atoms with Crippen LogP contribution >= 0.6 is 0 Å². The molecule has 0 aromatic heterocycles. The van der Waals surface area contributed by atoms with Gasteiger partial charge in [0.2, 0.25) is 11.8 Å². The number of fused-ring (bicyclic) bond motifs is 5. The van der Waals surface area contributed by atoms with Crippen molar-refractivity contribution < 1.29 is 14.7 Å². The summed E-state index contributed by atoms with van der Waals surface area (Å²) in [5.41, 5.74) is 0.311. The summed E-state index contributed by atoms with van der Waals surface area (Å²) in [6.07, 6.45) is 5.04. The minimum Gasteiger partial charge on any atom is -0.506 e. The summed E-state index contributed by atoms with van der Waals surface area (Å²) in [4.78, 5) is 26.2. The van der Waals surface area contributed by atoms with E-state index in [9.17, 15) is 14.7 Å². The number of amides is 2. The fraction of sp³-hybridized carbons (Fsp3) is 0.333. The van der Waals surface area contributed by atoms with Gasteiger partial charge in [-0.3, -0.25) is 9.59 Å². The zero-order valence-corrected chi connectivity index (χ0v) is 10.2. The van der Waals surface area contributed by atoms with Crippen LogP contribution in [-0.2, 0) is 9.59 Å². The number of anilines is 1. The first kappa shape index (κ1) is 10.8. The second-order valence-electron chi connectivity index (χ2n) is 5.50. The maximum absolute atomic E-state index is 12.5. The monoisotopic (exact) mass is 255 g/mol. The van der Waals surface area contributed by atoms with Gasteiger partial charge in [-0.25, -0.2) is 4.90 Å². The van der Waals surface area contributed by atoms with E-state index in [1.807, 2.05) is 0 Å². The van der Waals surface area contributed by atoms with Crippen LogP contribution in [0.5, 0.6) is 5.75 Å². The molecule has 19 heavy (non-hydrogen) atoms. The Hall–Kier alpha value is -2.10. The average Bonchev–Trinajstić information content (AvgIpc) is 3.06. The van der Waals surface area contributed by atoms with Crippen LogP contribution in [0.25, 0.3) is 0 Å². The summed E-state index contributed by atoms with van der Waals surface area (Å²) >= 11 is 0. The smallest absolute Gasteiger partial charge is 0.238 e. The van der Waals surface area contributed by atoms with Crippen molar-refractivity contribution in [1.82, 2.24) is 0 Å². The van der Waals surface area contributed by atoms with Crippen molar-refractivity contribution in [3.8, 4) is 5.75 Å². The molecular formula is C15H13NO3. The van der Waals surface area contributed by atoms with Gasteiger partial charge in [-0.1, -0.05) is 24.3 Å². The molecule has 1 aliphatic heterocycles. The number of imide groups is 1. The Kier molecular flexibility index (Phi) is 1.97. The number of nitrogens with zero attached hydrogens (tertiary/aromatic N) is 1. The number of allylic oxidation sites excluding steroid dienone is 2. The molecule has 1 aromatic rings. The predicted molar refractivity (Wildman–Crippen MR) is 68.3 cm³/mol. The third-order valence-electron chi connectivity index (χ3n) is 4.59. The summed E-state index contributed by atoms with van der Waals surface area (Å²) in [6, 6.07) is 6.50. The molecule has 4 atom stereocenters. The van der Waals surface area contributed by atoms with Crippen molar-refractivity contribution in [3.05, 3.63) is 36.4 Å². The highest BCUT2D eigenvalue weighted by molar-refractivity contribution is 6.23. The standard InChI is InChI=1S/C15H13NO3/c17-11-4-2-1-3-10(11)16-14(18)12-8-5-6-9(7-8)13(12)15(16)19/h1-6,8-9,12-13,17H,7H2. The summed E-state index contributed by atoms with van der Waals surface area (Å²) in [5, 5.41) is 9.86. The Balaban J connectivity index is 1.79. The molecule has 4 rings (SSSR count). The van der Waals surface area contributed by atoms with Crippen LogP contribution in [0, 0.1) is 23.7 Å². The van der Waals surface area contributed by atoms with Crippen molar-refractivity contribution in [3.63, 3.8) is 0 Å². The Morgan fingerprint density at radius 3 is 2.16 bits per heavy atom. The van der Waals surface area contributed by atoms with E-state index in [-0.39, 0.29) is 41.2 Å². The van der Waals surface area contributed by atoms with E-state index in [0.717, 1.165) is 6.42 Å². The zero-order chi connectivity index (χ0) is 13.1. The second kappa shape index (κ2) is 3.47. The molecular weight excluding hydrogens is 242 g/mol. The molecule has 2 fully saturated rings. The number of hydrogen-bond donors (Lipinski definition) is 1. The molecule has 2 amide bonds. The van der Waals surface area contributed by atoms with E-state index in [4.69, 9.17) is 0 Å². The maximum Gasteiger partial charge on any atom is 0.238 e. The van der Waals surface area contributed by atoms with E-state index < -0.39 is 0 Å². The van der Waals surface area contributed by atoms with E-state index in [1.165, 1.54) is 11.0 Å². The molecule has 1 saturated carbocycles. The van der Waals surface area contributed by atoms with E-state index in [2.05, 4.69) is 12.2 Å². The zero-order valence-electron chi connectivity index (χ0n) is 10.2. The number of carbonyl (C=O) groups excluding carboxylic acids is 2. The molecule has 0 radical (unpaired) electrons. The number of rotatable bonds is 1. The first-order chi connectivity index (χ1) is 9.18. The van der Waals surface area contributed by atoms with Crippen LogP contribution in [0.15, 0.2) is 36.4 Å². The lowest BCUT2D eigenvalue weighted by Gasteiger charge is -2.18. The van der Waals surface area contributed by atoms with Gasteiger partial charge < -0.3 is 5.11 Å². The van der Waals surface area contributed by atoms with Gasteiger partial charge in [0, 0.05) is 0 Å². The van der Waals surface area contributed by atoms with Crippen LogP contribution in [0.3, 0.4) is 0 Å². The molecule has 4 heteroatoms. The molecule has 1 N–H and O–H groups in total. The van der Waals surface area contributed by atoms with Gasteiger partial charge in [0.15, 0.2) is 0 Å². The van der Waals surface area contributed by atoms with Gasteiger partial charge in [0.1, 0.15) is 5.75 Å². The van der Waals surface area contributed by atoms with Crippen molar-refractivity contribution in [2.75, 3.05) is 4.90 Å². The van der Waals surface area contributed by atoms with Gasteiger partial charge in [-0.2, -0.15) is 0 Å². The third-order valence-corrected chi connectivity index (χ3v) is 4.59. The fourth-order valence-corrected chi connectivity index (χ4v) is 3.79. The summed E-state index contributed by atoms with van der Waals surface area (Å²) < 4.78 is 0. The van der Waals surface area contributed by atoms with Crippen molar-refractivity contribution in [1.29, 1.82) is 0 Å². The van der Waals surface area contributed by atoms with Crippen LogP contribution in [-0.4, -0.2) is 16.9 Å². The lowest BCUT2D eigenvalue weighted by Crippen LogP contribution is -2.32. The molecule has 2 bridgehead atoms. The molecule has 4 nitrogen and oxygen atoms in total. The molecule has 2 aliphatic carbocycles. The number of hydrogen-bond acceptors (Lipinski definition) is 3. The number of aromatic hydroxyl groups is 1. The van der Waals surface area contributed by atoms with Crippen molar-refractivity contribution in [2.24, 2.45) is 23.7 Å². The highest BCUT2D eigenvalue weighted by Gasteiger charge is 2.59. The normalized spacial score (nSPS) is 35.3. The first-order valence-corrected chi connectivity index (χ1v) is 6.52. The van der Waals surface area contributed by atoms with E-state index in [0.29, 0.717) is 5.69 Å². The number of benzene rings is 1. The van der Waals surface area contributed by atoms with Crippen molar-refractivity contribution in [2.45, 2.75) is 6.42 Å². The molecule has 0 spiro atoms. The first-order valence-electron chi connectivity index (χ1n) is 6.52. The number of phenolic OH excluding ortho intramolecular Hbond substituents is 1. The SMILES string of the molecule is O=C1C2C3C=CC(C3)C2C(=O)N1c1ccccc1O. The Morgan fingerprint density at radius 1 is 1.00 bits per heavy atom. The van der Waals surface area contributed by atoms with Gasteiger partial charge in [0.05, 0.1) is 17.5 Å². The third kappa shape index (κ3) is 1.23. The quantitative estimate of drug-likeness (QED) is 0.614. The van der Waals surface area contributed by atoms with Gasteiger partial charge >= 0.3 is 0 Å². The molecule has 4 unspecified atom stereocenters. The lowest BCUT2D eigenvalue weighted by molar-refractivity contribution is -0.123. The molecule has 3 aliphatic rings. The largest absolute Gasteiger partial charge is 0.506 e. The molecule has 1 aromatic carbocycles. The molecule has 1 heterocycles. The van der Waals surface area contributed by atoms with Crippen LogP contribution in [0.2, 0.25) is 0 Å².